The molecule has 106 valence electrons. The van der Waals surface area contributed by atoms with Crippen LogP contribution in [-0.2, 0) is 5.75 Å². The summed E-state index contributed by atoms with van der Waals surface area (Å²) >= 11 is 1.27. The van der Waals surface area contributed by atoms with Crippen molar-refractivity contribution in [1.82, 2.24) is 9.97 Å². The Bertz CT molecular complexity index is 869. The van der Waals surface area contributed by atoms with Crippen molar-refractivity contribution in [2.75, 3.05) is 0 Å². The zero-order valence-corrected chi connectivity index (χ0v) is 11.5. The number of nitrogens with one attached hydrogen (secondary N) is 1. The molecule has 0 aliphatic heterocycles. The maximum absolute atomic E-state index is 11.9. The number of carboxylic acid groups (broad SMARTS) is 1. The van der Waals surface area contributed by atoms with E-state index in [1.165, 1.54) is 17.8 Å². The zero-order chi connectivity index (χ0) is 14.8. The summed E-state index contributed by atoms with van der Waals surface area (Å²) < 4.78 is 5.13. The van der Waals surface area contributed by atoms with E-state index in [-0.39, 0.29) is 11.3 Å². The number of fused-ring (bicyclic) bond motifs is 1. The molecule has 0 saturated heterocycles. The topological polar surface area (TPSA) is 96.2 Å². The summed E-state index contributed by atoms with van der Waals surface area (Å²) in [5, 5.41) is 9.78. The van der Waals surface area contributed by atoms with Crippen LogP contribution in [0.1, 0.15) is 16.4 Å². The van der Waals surface area contributed by atoms with Gasteiger partial charge >= 0.3 is 5.97 Å². The molecule has 21 heavy (non-hydrogen) atoms. The zero-order valence-electron chi connectivity index (χ0n) is 10.7. The Morgan fingerprint density at radius 2 is 2.10 bits per heavy atom. The molecule has 2 N–H and O–H groups in total. The molecule has 0 amide bonds. The van der Waals surface area contributed by atoms with Crippen molar-refractivity contribution in [3.05, 3.63) is 58.3 Å². The average molecular weight is 302 g/mol. The third-order valence-electron chi connectivity index (χ3n) is 2.81. The summed E-state index contributed by atoms with van der Waals surface area (Å²) in [5.74, 6) is -0.333. The Labute approximate surface area is 122 Å². The number of para-hydroxylation sites is 1. The quantitative estimate of drug-likeness (QED) is 0.719. The Morgan fingerprint density at radius 3 is 2.86 bits per heavy atom. The van der Waals surface area contributed by atoms with Crippen LogP contribution in [0.3, 0.4) is 0 Å². The van der Waals surface area contributed by atoms with Gasteiger partial charge in [0.05, 0.1) is 16.7 Å². The van der Waals surface area contributed by atoms with Gasteiger partial charge in [-0.05, 0) is 24.3 Å². The first-order valence-corrected chi connectivity index (χ1v) is 7.06. The lowest BCUT2D eigenvalue weighted by Crippen LogP contribution is -2.11. The molecule has 0 bridgehead atoms. The van der Waals surface area contributed by atoms with E-state index in [0.29, 0.717) is 27.6 Å². The molecule has 0 spiro atoms. The summed E-state index contributed by atoms with van der Waals surface area (Å²) in [6, 6.07) is 10.0. The van der Waals surface area contributed by atoms with Gasteiger partial charge in [-0.15, -0.1) is 0 Å². The first-order valence-electron chi connectivity index (χ1n) is 6.07. The summed E-state index contributed by atoms with van der Waals surface area (Å²) in [6.45, 7) is 0. The van der Waals surface area contributed by atoms with Gasteiger partial charge in [0.15, 0.2) is 5.09 Å². The van der Waals surface area contributed by atoms with Crippen LogP contribution in [0.15, 0.2) is 50.7 Å². The van der Waals surface area contributed by atoms with Crippen molar-refractivity contribution in [3.8, 4) is 0 Å². The van der Waals surface area contributed by atoms with E-state index >= 15 is 0 Å². The Balaban J connectivity index is 1.81. The van der Waals surface area contributed by atoms with Crippen LogP contribution < -0.4 is 5.56 Å². The SMILES string of the molecule is O=C(O)c1ccc(SCc2nc3ccccc3c(=O)[nH]2)o1. The summed E-state index contributed by atoms with van der Waals surface area (Å²) in [7, 11) is 0. The highest BCUT2D eigenvalue weighted by Crippen LogP contribution is 2.23. The first-order chi connectivity index (χ1) is 10.1. The number of hydrogen-bond acceptors (Lipinski definition) is 5. The third kappa shape index (κ3) is 2.82. The van der Waals surface area contributed by atoms with Crippen LogP contribution in [0.2, 0.25) is 0 Å². The first kappa shape index (κ1) is 13.4. The van der Waals surface area contributed by atoms with Gasteiger partial charge in [-0.3, -0.25) is 4.79 Å². The lowest BCUT2D eigenvalue weighted by molar-refractivity contribution is 0.0656. The maximum Gasteiger partial charge on any atom is 0.371 e. The number of carboxylic acids is 1. The molecule has 0 atom stereocenters. The number of aromatic carboxylic acids is 1. The molecular weight excluding hydrogens is 292 g/mol. The molecular formula is C14H10N2O4S. The van der Waals surface area contributed by atoms with Crippen molar-refractivity contribution < 1.29 is 14.3 Å². The maximum atomic E-state index is 11.9. The van der Waals surface area contributed by atoms with E-state index in [1.54, 1.807) is 24.3 Å². The summed E-state index contributed by atoms with van der Waals surface area (Å²) in [5.41, 5.74) is 0.435. The highest BCUT2D eigenvalue weighted by Gasteiger charge is 2.10. The van der Waals surface area contributed by atoms with Crippen LogP contribution in [0.25, 0.3) is 10.9 Å². The van der Waals surface area contributed by atoms with Gasteiger partial charge in [-0.2, -0.15) is 0 Å². The fourth-order valence-electron chi connectivity index (χ4n) is 1.86. The number of hydrogen-bond donors (Lipinski definition) is 2. The van der Waals surface area contributed by atoms with Crippen molar-refractivity contribution in [2.24, 2.45) is 0 Å². The highest BCUT2D eigenvalue weighted by molar-refractivity contribution is 7.98. The lowest BCUT2D eigenvalue weighted by Gasteiger charge is -2.01. The van der Waals surface area contributed by atoms with Gasteiger partial charge in [-0.1, -0.05) is 23.9 Å². The summed E-state index contributed by atoms with van der Waals surface area (Å²) in [6.07, 6.45) is 0. The predicted octanol–water partition coefficient (Wildman–Crippen LogP) is 2.51. The van der Waals surface area contributed by atoms with E-state index in [0.717, 1.165) is 0 Å². The fraction of sp³-hybridized carbons (Fsp3) is 0.0714. The number of thioether (sulfide) groups is 1. The van der Waals surface area contributed by atoms with Gasteiger partial charge in [0.1, 0.15) is 5.82 Å². The minimum Gasteiger partial charge on any atom is -0.475 e. The average Bonchev–Trinajstić information content (AvgIpc) is 2.94. The number of rotatable bonds is 4. The van der Waals surface area contributed by atoms with E-state index in [2.05, 4.69) is 9.97 Å². The van der Waals surface area contributed by atoms with E-state index in [4.69, 9.17) is 9.52 Å². The van der Waals surface area contributed by atoms with Crippen molar-refractivity contribution >= 4 is 28.6 Å². The number of aromatic nitrogens is 2. The minimum absolute atomic E-state index is 0.113. The molecule has 7 heteroatoms. The van der Waals surface area contributed by atoms with E-state index in [9.17, 15) is 9.59 Å². The molecule has 0 fully saturated rings. The van der Waals surface area contributed by atoms with Gasteiger partial charge < -0.3 is 14.5 Å². The number of carbonyl (C=O) groups is 1. The Hall–Kier alpha value is -2.54. The van der Waals surface area contributed by atoms with Crippen LogP contribution >= 0.6 is 11.8 Å². The number of aromatic amines is 1. The molecule has 3 aromatic rings. The highest BCUT2D eigenvalue weighted by atomic mass is 32.2. The van der Waals surface area contributed by atoms with Gasteiger partial charge in [0.25, 0.3) is 5.56 Å². The monoisotopic (exact) mass is 302 g/mol. The lowest BCUT2D eigenvalue weighted by atomic mass is 10.2. The molecule has 1 aromatic carbocycles. The Morgan fingerprint density at radius 1 is 1.29 bits per heavy atom. The molecule has 2 aromatic heterocycles. The molecule has 6 nitrogen and oxygen atoms in total. The largest absolute Gasteiger partial charge is 0.475 e. The van der Waals surface area contributed by atoms with Gasteiger partial charge in [0.2, 0.25) is 5.76 Å². The molecule has 0 aliphatic rings. The van der Waals surface area contributed by atoms with Crippen LogP contribution in [0, 0.1) is 0 Å². The smallest absolute Gasteiger partial charge is 0.371 e. The molecule has 0 aliphatic carbocycles. The normalized spacial score (nSPS) is 10.9. The number of H-pyrrole nitrogens is 1. The van der Waals surface area contributed by atoms with Gasteiger partial charge in [0, 0.05) is 0 Å². The number of benzene rings is 1. The van der Waals surface area contributed by atoms with Crippen LogP contribution in [0.4, 0.5) is 0 Å². The molecule has 3 rings (SSSR count). The van der Waals surface area contributed by atoms with Crippen molar-refractivity contribution in [1.29, 1.82) is 0 Å². The second-order valence-electron chi connectivity index (χ2n) is 4.24. The minimum atomic E-state index is -1.11. The molecule has 0 radical (unpaired) electrons. The van der Waals surface area contributed by atoms with Crippen LogP contribution in [0.5, 0.6) is 0 Å². The van der Waals surface area contributed by atoms with Gasteiger partial charge in [-0.25, -0.2) is 9.78 Å². The molecule has 0 saturated carbocycles. The Kier molecular flexibility index (Phi) is 3.49. The fourth-order valence-corrected chi connectivity index (χ4v) is 2.58. The van der Waals surface area contributed by atoms with E-state index in [1.807, 2.05) is 6.07 Å². The second-order valence-corrected chi connectivity index (χ2v) is 5.22. The molecule has 2 heterocycles. The second kappa shape index (κ2) is 5.45. The van der Waals surface area contributed by atoms with Crippen molar-refractivity contribution in [3.63, 3.8) is 0 Å². The van der Waals surface area contributed by atoms with Crippen molar-refractivity contribution in [2.45, 2.75) is 10.8 Å². The number of furan rings is 1. The summed E-state index contributed by atoms with van der Waals surface area (Å²) in [4.78, 5) is 29.7. The van der Waals surface area contributed by atoms with E-state index < -0.39 is 5.97 Å². The predicted molar refractivity (Wildman–Crippen MR) is 77.6 cm³/mol. The van der Waals surface area contributed by atoms with Crippen LogP contribution in [-0.4, -0.2) is 21.0 Å². The standard InChI is InChI=1S/C14H10N2O4S/c17-13-8-3-1-2-4-9(8)15-11(16-13)7-21-12-6-5-10(20-12)14(18)19/h1-6H,7H2,(H,18,19)(H,15,16,17). The number of nitrogens with zero attached hydrogens (tertiary/aromatic N) is 1. The third-order valence-corrected chi connectivity index (χ3v) is 3.73. The molecule has 0 unspecified atom stereocenters.